The Morgan fingerprint density at radius 2 is 1.50 bits per heavy atom. The first-order valence-corrected chi connectivity index (χ1v) is 7.47. The summed E-state index contributed by atoms with van der Waals surface area (Å²) in [6.07, 6.45) is -4.68. The van der Waals surface area contributed by atoms with Gasteiger partial charge in [0.05, 0.1) is 28.8 Å². The fourth-order valence-electron chi connectivity index (χ4n) is 2.14. The van der Waals surface area contributed by atoms with Crippen molar-refractivity contribution >= 4 is 28.7 Å². The molecule has 0 fully saturated rings. The summed E-state index contributed by atoms with van der Waals surface area (Å²) < 4.78 is 51.8. The number of hydrogen-bond donors (Lipinski definition) is 2. The lowest BCUT2D eigenvalue weighted by molar-refractivity contribution is -0.137. The lowest BCUT2D eigenvalue weighted by Crippen LogP contribution is -2.20. The molecular formula is C17H10F4N4S. The van der Waals surface area contributed by atoms with Gasteiger partial charge in [-0.2, -0.15) is 23.7 Å². The van der Waals surface area contributed by atoms with Crippen molar-refractivity contribution < 1.29 is 17.6 Å². The zero-order valence-corrected chi connectivity index (χ0v) is 13.8. The maximum atomic E-state index is 13.0. The van der Waals surface area contributed by atoms with Crippen molar-refractivity contribution in [3.63, 3.8) is 0 Å². The van der Waals surface area contributed by atoms with Crippen LogP contribution in [0.4, 0.5) is 28.9 Å². The van der Waals surface area contributed by atoms with Crippen LogP contribution in [0.5, 0.6) is 0 Å². The molecule has 9 heteroatoms. The molecule has 2 N–H and O–H groups in total. The second kappa shape index (κ2) is 7.81. The van der Waals surface area contributed by atoms with Crippen molar-refractivity contribution in [2.75, 3.05) is 10.6 Å². The Morgan fingerprint density at radius 3 is 2.00 bits per heavy atom. The first-order chi connectivity index (χ1) is 12.3. The molecular weight excluding hydrogens is 368 g/mol. The summed E-state index contributed by atoms with van der Waals surface area (Å²) in [5.41, 5.74) is -0.823. The minimum absolute atomic E-state index is 0.0302. The smallest absolute Gasteiger partial charge is 0.332 e. The van der Waals surface area contributed by atoms with Crippen LogP contribution >= 0.6 is 12.2 Å². The number of anilines is 2. The van der Waals surface area contributed by atoms with Crippen LogP contribution < -0.4 is 10.6 Å². The molecule has 0 saturated carbocycles. The summed E-state index contributed by atoms with van der Waals surface area (Å²) in [5, 5.41) is 22.9. The Labute approximate surface area is 151 Å². The molecule has 0 amide bonds. The Hall–Kier alpha value is -3.17. The van der Waals surface area contributed by atoms with Crippen LogP contribution in [0, 0.1) is 22.7 Å². The van der Waals surface area contributed by atoms with Gasteiger partial charge >= 0.3 is 6.18 Å². The Bertz CT molecular complexity index is 926. The minimum Gasteiger partial charge on any atom is -0.332 e. The van der Waals surface area contributed by atoms with Gasteiger partial charge in [-0.3, -0.25) is 0 Å². The molecule has 0 bridgehead atoms. The monoisotopic (exact) mass is 378 g/mol. The van der Waals surface area contributed by atoms with Gasteiger partial charge in [-0.25, -0.2) is 4.39 Å². The van der Waals surface area contributed by atoms with E-state index >= 15 is 0 Å². The molecule has 0 atom stereocenters. The largest absolute Gasteiger partial charge is 0.417 e. The van der Waals surface area contributed by atoms with E-state index in [1.54, 1.807) is 0 Å². The lowest BCUT2D eigenvalue weighted by atomic mass is 10.1. The van der Waals surface area contributed by atoms with E-state index in [9.17, 15) is 17.6 Å². The predicted molar refractivity (Wildman–Crippen MR) is 92.0 cm³/mol. The number of alkyl halides is 4. The maximum Gasteiger partial charge on any atom is 0.417 e. The Balaban J connectivity index is 2.19. The van der Waals surface area contributed by atoms with E-state index in [0.29, 0.717) is 5.69 Å². The second-order valence-electron chi connectivity index (χ2n) is 5.07. The normalized spacial score (nSPS) is 10.5. The van der Waals surface area contributed by atoms with Gasteiger partial charge in [-0.15, -0.1) is 0 Å². The third-order valence-electron chi connectivity index (χ3n) is 3.33. The molecule has 0 aliphatic rings. The van der Waals surface area contributed by atoms with Crippen molar-refractivity contribution in [2.24, 2.45) is 0 Å². The number of benzene rings is 2. The molecule has 2 aromatic carbocycles. The van der Waals surface area contributed by atoms with Crippen LogP contribution in [0.3, 0.4) is 0 Å². The van der Waals surface area contributed by atoms with Gasteiger partial charge in [0.25, 0.3) is 0 Å². The summed E-state index contributed by atoms with van der Waals surface area (Å²) in [7, 11) is 0. The van der Waals surface area contributed by atoms with Gasteiger partial charge in [0.1, 0.15) is 6.67 Å². The van der Waals surface area contributed by atoms with Gasteiger partial charge in [-0.1, -0.05) is 0 Å². The molecule has 0 radical (unpaired) electrons. The summed E-state index contributed by atoms with van der Waals surface area (Å²) in [6.45, 7) is -0.844. The molecule has 0 unspecified atom stereocenters. The highest BCUT2D eigenvalue weighted by molar-refractivity contribution is 7.80. The summed E-state index contributed by atoms with van der Waals surface area (Å²) in [5.74, 6) is 0. The highest BCUT2D eigenvalue weighted by atomic mass is 32.1. The van der Waals surface area contributed by atoms with Gasteiger partial charge in [0.2, 0.25) is 0 Å². The number of thiocarbonyl (C=S) groups is 1. The van der Waals surface area contributed by atoms with Crippen LogP contribution in [0.25, 0.3) is 0 Å². The quantitative estimate of drug-likeness (QED) is 0.597. The number of rotatable bonds is 3. The number of nitrogens with zero attached hydrogens (tertiary/aromatic N) is 2. The number of nitriles is 2. The number of nitrogens with one attached hydrogen (secondary N) is 2. The van der Waals surface area contributed by atoms with Crippen molar-refractivity contribution in [3.05, 3.63) is 58.7 Å². The average molecular weight is 378 g/mol. The molecule has 0 spiro atoms. The van der Waals surface area contributed by atoms with Crippen molar-refractivity contribution in [1.29, 1.82) is 10.5 Å². The van der Waals surface area contributed by atoms with E-state index in [1.165, 1.54) is 30.3 Å². The lowest BCUT2D eigenvalue weighted by Gasteiger charge is -2.14. The highest BCUT2D eigenvalue weighted by Crippen LogP contribution is 2.33. The third-order valence-corrected chi connectivity index (χ3v) is 3.53. The molecule has 2 aromatic rings. The molecule has 0 aromatic heterocycles. The molecule has 0 aliphatic heterocycles. The summed E-state index contributed by atoms with van der Waals surface area (Å²) in [4.78, 5) is 0. The van der Waals surface area contributed by atoms with E-state index in [2.05, 4.69) is 10.6 Å². The molecule has 2 rings (SSSR count). The summed E-state index contributed by atoms with van der Waals surface area (Å²) in [6, 6.07) is 10.7. The predicted octanol–water partition coefficient (Wildman–Crippen LogP) is 4.73. The van der Waals surface area contributed by atoms with E-state index < -0.39 is 24.0 Å². The molecule has 132 valence electrons. The van der Waals surface area contributed by atoms with Gasteiger partial charge in [-0.05, 0) is 48.6 Å². The average Bonchev–Trinajstić information content (AvgIpc) is 2.60. The maximum absolute atomic E-state index is 13.0. The van der Waals surface area contributed by atoms with Crippen LogP contribution in [0.2, 0.25) is 0 Å². The second-order valence-corrected chi connectivity index (χ2v) is 5.47. The van der Waals surface area contributed by atoms with Crippen molar-refractivity contribution in [1.82, 2.24) is 0 Å². The molecule has 26 heavy (non-hydrogen) atoms. The van der Waals surface area contributed by atoms with Gasteiger partial charge in [0, 0.05) is 16.9 Å². The molecule has 0 heterocycles. The van der Waals surface area contributed by atoms with Crippen LogP contribution in [0.15, 0.2) is 36.4 Å². The van der Waals surface area contributed by atoms with Gasteiger partial charge < -0.3 is 10.6 Å². The zero-order chi connectivity index (χ0) is 19.3. The van der Waals surface area contributed by atoms with E-state index in [4.69, 9.17) is 22.7 Å². The number of hydrogen-bond acceptors (Lipinski definition) is 3. The minimum atomic E-state index is -4.68. The highest BCUT2D eigenvalue weighted by Gasteiger charge is 2.33. The van der Waals surface area contributed by atoms with E-state index in [1.807, 2.05) is 6.07 Å². The third kappa shape index (κ3) is 4.47. The standard InChI is InChI=1S/C17H10F4N4S/c18-7-12-5-13(3-1-10(12)8-22)24-16(26)25-14-4-2-11(9-23)15(6-14)17(19,20)21/h1-6H,7H2,(H2,24,25,26). The molecule has 4 nitrogen and oxygen atoms in total. The van der Waals surface area contributed by atoms with Crippen molar-refractivity contribution in [3.8, 4) is 12.1 Å². The topological polar surface area (TPSA) is 71.6 Å². The van der Waals surface area contributed by atoms with Crippen molar-refractivity contribution in [2.45, 2.75) is 12.9 Å². The first kappa shape index (κ1) is 19.2. The van der Waals surface area contributed by atoms with Gasteiger partial charge in [0.15, 0.2) is 5.11 Å². The zero-order valence-electron chi connectivity index (χ0n) is 13.0. The van der Waals surface area contributed by atoms with E-state index in [0.717, 1.165) is 12.1 Å². The van der Waals surface area contributed by atoms with Crippen LogP contribution in [-0.2, 0) is 12.9 Å². The fourth-order valence-corrected chi connectivity index (χ4v) is 2.37. The molecule has 0 aliphatic carbocycles. The fraction of sp³-hybridized carbons (Fsp3) is 0.118. The first-order valence-electron chi connectivity index (χ1n) is 7.07. The SMILES string of the molecule is N#Cc1ccc(NC(=S)Nc2ccc(C#N)c(C(F)(F)F)c2)cc1CF. The number of halogens is 4. The van der Waals surface area contributed by atoms with Crippen LogP contribution in [-0.4, -0.2) is 5.11 Å². The molecule has 0 saturated heterocycles. The Kier molecular flexibility index (Phi) is 5.75. The Morgan fingerprint density at radius 1 is 0.962 bits per heavy atom. The van der Waals surface area contributed by atoms with Crippen LogP contribution in [0.1, 0.15) is 22.3 Å². The summed E-state index contributed by atoms with van der Waals surface area (Å²) >= 11 is 5.03. The van der Waals surface area contributed by atoms with E-state index in [-0.39, 0.29) is 21.9 Å².